The number of ketones is 1. The fourth-order valence-corrected chi connectivity index (χ4v) is 7.72. The van der Waals surface area contributed by atoms with Crippen LogP contribution in [0.5, 0.6) is 0 Å². The lowest BCUT2D eigenvalue weighted by Crippen LogP contribution is -2.65. The Morgan fingerprint density at radius 1 is 1.21 bits per heavy atom. The summed E-state index contributed by atoms with van der Waals surface area (Å²) in [7, 11) is 0. The van der Waals surface area contributed by atoms with Gasteiger partial charge >= 0.3 is 0 Å². The van der Waals surface area contributed by atoms with Crippen molar-refractivity contribution >= 4 is 12.2 Å². The highest BCUT2D eigenvalue weighted by molar-refractivity contribution is 5.85. The standard InChI is InChI=1S/C22H31NO6/c1-20-10-16(25)17-13(14(20)5-6-22(20)28-7-8-29-22)4-3-12-9-15(23-11-24)18(26)19(27)21(12,17)2/h9,11,13-15,17-19,26-27H,3-8,10H2,1-2H3,(H,23,24)/t13-,14-,15-,17+,18+,19-,20-,21-/m0/s1. The second kappa shape index (κ2) is 6.36. The molecular weight excluding hydrogens is 374 g/mol. The van der Waals surface area contributed by atoms with Gasteiger partial charge in [0.2, 0.25) is 6.41 Å². The third-order valence-electron chi connectivity index (χ3n) is 9.09. The number of hydrogen-bond donors (Lipinski definition) is 3. The second-order valence-corrected chi connectivity index (χ2v) is 10.1. The van der Waals surface area contributed by atoms with E-state index in [0.29, 0.717) is 26.0 Å². The molecule has 4 aliphatic carbocycles. The van der Waals surface area contributed by atoms with Gasteiger partial charge in [0, 0.05) is 29.6 Å². The molecule has 8 atom stereocenters. The smallest absolute Gasteiger partial charge is 0.207 e. The van der Waals surface area contributed by atoms with Crippen LogP contribution in [-0.2, 0) is 19.1 Å². The summed E-state index contributed by atoms with van der Waals surface area (Å²) in [6.45, 7) is 5.22. The van der Waals surface area contributed by atoms with E-state index in [9.17, 15) is 19.8 Å². The first-order valence-electron chi connectivity index (χ1n) is 10.9. The topological polar surface area (TPSA) is 105 Å². The molecule has 7 heteroatoms. The van der Waals surface area contributed by atoms with Crippen LogP contribution in [0, 0.1) is 28.6 Å². The first-order chi connectivity index (χ1) is 13.8. The van der Waals surface area contributed by atoms with Crippen LogP contribution in [0.1, 0.15) is 46.0 Å². The molecule has 3 N–H and O–H groups in total. The summed E-state index contributed by atoms with van der Waals surface area (Å²) in [4.78, 5) is 24.6. The van der Waals surface area contributed by atoms with Crippen molar-refractivity contribution in [3.63, 3.8) is 0 Å². The monoisotopic (exact) mass is 405 g/mol. The molecule has 1 heterocycles. The second-order valence-electron chi connectivity index (χ2n) is 10.1. The third kappa shape index (κ3) is 2.33. The predicted octanol–water partition coefficient (Wildman–Crippen LogP) is 0.927. The van der Waals surface area contributed by atoms with Crippen molar-refractivity contribution in [2.75, 3.05) is 13.2 Å². The molecule has 7 nitrogen and oxygen atoms in total. The highest BCUT2D eigenvalue weighted by Crippen LogP contribution is 2.68. The lowest BCUT2D eigenvalue weighted by Gasteiger charge is -2.59. The lowest BCUT2D eigenvalue weighted by atomic mass is 9.45. The minimum absolute atomic E-state index is 0.132. The van der Waals surface area contributed by atoms with Crippen LogP contribution in [0.25, 0.3) is 0 Å². The fourth-order valence-electron chi connectivity index (χ4n) is 7.72. The normalized spacial score (nSPS) is 50.5. The van der Waals surface area contributed by atoms with Gasteiger partial charge in [0.25, 0.3) is 0 Å². The number of rotatable bonds is 2. The molecule has 1 aliphatic heterocycles. The molecule has 0 aromatic carbocycles. The van der Waals surface area contributed by atoms with Crippen molar-refractivity contribution in [3.05, 3.63) is 11.6 Å². The minimum atomic E-state index is -1.13. The van der Waals surface area contributed by atoms with Crippen molar-refractivity contribution < 1.29 is 29.3 Å². The van der Waals surface area contributed by atoms with Gasteiger partial charge in [0.15, 0.2) is 5.79 Å². The Hall–Kier alpha value is -1.28. The van der Waals surface area contributed by atoms with Gasteiger partial charge in [-0.3, -0.25) is 9.59 Å². The largest absolute Gasteiger partial charge is 0.389 e. The van der Waals surface area contributed by atoms with Gasteiger partial charge in [0.1, 0.15) is 11.9 Å². The number of aliphatic hydroxyl groups excluding tert-OH is 2. The van der Waals surface area contributed by atoms with E-state index in [-0.39, 0.29) is 29.0 Å². The Morgan fingerprint density at radius 3 is 2.62 bits per heavy atom. The number of carbonyl (C=O) groups is 2. The van der Waals surface area contributed by atoms with Crippen LogP contribution in [-0.4, -0.2) is 59.7 Å². The number of Topliss-reactive ketones (excluding diaryl/α,β-unsaturated/α-hetero) is 1. The molecule has 1 saturated heterocycles. The van der Waals surface area contributed by atoms with Crippen molar-refractivity contribution in [2.24, 2.45) is 28.6 Å². The Balaban J connectivity index is 1.54. The summed E-state index contributed by atoms with van der Waals surface area (Å²) in [5, 5.41) is 24.4. The maximum atomic E-state index is 13.6. The Kier molecular flexibility index (Phi) is 4.31. The number of carbonyl (C=O) groups excluding carboxylic acids is 2. The van der Waals surface area contributed by atoms with Crippen molar-refractivity contribution in [1.29, 1.82) is 0 Å². The van der Waals surface area contributed by atoms with Crippen molar-refractivity contribution in [1.82, 2.24) is 5.32 Å². The van der Waals surface area contributed by atoms with Crippen LogP contribution in [0.15, 0.2) is 11.6 Å². The quantitative estimate of drug-likeness (QED) is 0.466. The molecule has 160 valence electrons. The SMILES string of the molecule is C[C@@]12C(=C[C@H](NC=O)[C@@H](O)[C@@H]1O)CC[C@@H]1[C@@H]2C(=O)C[C@@]2(C)[C@H]1CCC21OCCO1. The zero-order chi connectivity index (χ0) is 20.6. The van der Waals surface area contributed by atoms with Crippen LogP contribution in [0.3, 0.4) is 0 Å². The maximum Gasteiger partial charge on any atom is 0.207 e. The predicted molar refractivity (Wildman–Crippen MR) is 102 cm³/mol. The molecule has 1 spiro atoms. The Morgan fingerprint density at radius 2 is 1.93 bits per heavy atom. The number of amides is 1. The molecule has 0 aromatic heterocycles. The van der Waals surface area contributed by atoms with Gasteiger partial charge < -0.3 is 25.0 Å². The average molecular weight is 405 g/mol. The van der Waals surface area contributed by atoms with E-state index < -0.39 is 29.5 Å². The van der Waals surface area contributed by atoms with E-state index >= 15 is 0 Å². The van der Waals surface area contributed by atoms with Crippen molar-refractivity contribution in [2.45, 2.75) is 70.0 Å². The lowest BCUT2D eigenvalue weighted by molar-refractivity contribution is -0.241. The number of fused-ring (bicyclic) bond motifs is 6. The highest BCUT2D eigenvalue weighted by atomic mass is 16.7. The van der Waals surface area contributed by atoms with E-state index in [4.69, 9.17) is 9.47 Å². The first kappa shape index (κ1) is 19.7. The number of ether oxygens (including phenoxy) is 2. The summed E-state index contributed by atoms with van der Waals surface area (Å²) in [5.74, 6) is -0.432. The third-order valence-corrected chi connectivity index (χ3v) is 9.09. The van der Waals surface area contributed by atoms with E-state index in [1.165, 1.54) is 0 Å². The van der Waals surface area contributed by atoms with Gasteiger partial charge in [-0.2, -0.15) is 0 Å². The molecule has 5 rings (SSSR count). The molecule has 5 aliphatic rings. The first-order valence-corrected chi connectivity index (χ1v) is 10.9. The molecule has 4 fully saturated rings. The number of nitrogens with one attached hydrogen (secondary N) is 1. The molecule has 1 amide bonds. The summed E-state index contributed by atoms with van der Waals surface area (Å²) in [6, 6.07) is -0.624. The summed E-state index contributed by atoms with van der Waals surface area (Å²) in [5.41, 5.74) is -0.178. The van der Waals surface area contributed by atoms with Crippen molar-refractivity contribution in [3.8, 4) is 0 Å². The summed E-state index contributed by atoms with van der Waals surface area (Å²) >= 11 is 0. The molecule has 29 heavy (non-hydrogen) atoms. The van der Waals surface area contributed by atoms with Crippen LogP contribution in [0.4, 0.5) is 0 Å². The van der Waals surface area contributed by atoms with Gasteiger partial charge in [-0.05, 0) is 31.1 Å². The molecular formula is C22H31NO6. The fraction of sp³-hybridized carbons (Fsp3) is 0.818. The maximum absolute atomic E-state index is 13.6. The molecule has 0 radical (unpaired) electrons. The van der Waals surface area contributed by atoms with Gasteiger partial charge in [-0.25, -0.2) is 0 Å². The Labute approximate surface area is 170 Å². The van der Waals surface area contributed by atoms with Crippen LogP contribution < -0.4 is 5.32 Å². The molecule has 0 unspecified atom stereocenters. The van der Waals surface area contributed by atoms with Crippen LogP contribution >= 0.6 is 0 Å². The zero-order valence-electron chi connectivity index (χ0n) is 17.1. The molecule has 0 aromatic rings. The van der Waals surface area contributed by atoms with E-state index in [2.05, 4.69) is 12.2 Å². The molecule has 0 bridgehead atoms. The van der Waals surface area contributed by atoms with Crippen LogP contribution in [0.2, 0.25) is 0 Å². The van der Waals surface area contributed by atoms with Gasteiger partial charge in [-0.15, -0.1) is 0 Å². The summed E-state index contributed by atoms with van der Waals surface area (Å²) < 4.78 is 12.2. The number of aliphatic hydroxyl groups is 2. The van der Waals surface area contributed by atoms with E-state index in [0.717, 1.165) is 31.3 Å². The van der Waals surface area contributed by atoms with E-state index in [1.54, 1.807) is 0 Å². The zero-order valence-corrected chi connectivity index (χ0v) is 17.1. The average Bonchev–Trinajstić information content (AvgIpc) is 3.27. The highest BCUT2D eigenvalue weighted by Gasteiger charge is 2.70. The Bertz CT molecular complexity index is 760. The minimum Gasteiger partial charge on any atom is -0.389 e. The number of hydrogen-bond acceptors (Lipinski definition) is 6. The molecule has 3 saturated carbocycles. The van der Waals surface area contributed by atoms with E-state index in [1.807, 2.05) is 13.0 Å². The summed E-state index contributed by atoms with van der Waals surface area (Å²) in [6.07, 6.45) is 3.93. The van der Waals surface area contributed by atoms with Gasteiger partial charge in [0.05, 0.1) is 25.4 Å². The van der Waals surface area contributed by atoms with Gasteiger partial charge in [-0.1, -0.05) is 25.5 Å².